The summed E-state index contributed by atoms with van der Waals surface area (Å²) in [5.74, 6) is -0.715. The molecular formula is C52H97NO10. The van der Waals surface area contributed by atoms with Crippen molar-refractivity contribution < 1.29 is 50.0 Å². The van der Waals surface area contributed by atoms with Crippen molar-refractivity contribution in [2.24, 2.45) is 0 Å². The van der Waals surface area contributed by atoms with Gasteiger partial charge in [0.1, 0.15) is 36.6 Å². The Kier molecular flexibility index (Phi) is 39.3. The number of aliphatic hydroxyl groups excluding tert-OH is 7. The standard InChI is InChI=1S/C52H97NO10/c1-3-5-7-9-11-13-15-17-19-20-21-22-23-24-25-26-28-30-32-34-36-38-40-45(56)51(61)53-43(42-62-52-50(60)49(59)48(58)46(41-54)63-52)47(57)44(55)39-37-35-33-31-29-27-18-16-14-12-10-8-6-4-2/h16,18,24-25,31,33,43-50,52,54-60H,3-15,17,19-23,26-30,32,34-42H2,1-2H3,(H,53,61)/b18-16+,25-24-,33-31+. The van der Waals surface area contributed by atoms with Crippen LogP contribution in [0, 0.1) is 0 Å². The van der Waals surface area contributed by atoms with Crippen LogP contribution in [-0.4, -0.2) is 110 Å². The van der Waals surface area contributed by atoms with Gasteiger partial charge < -0.3 is 50.5 Å². The Morgan fingerprint density at radius 3 is 1.41 bits per heavy atom. The van der Waals surface area contributed by atoms with Gasteiger partial charge in [-0.3, -0.25) is 4.79 Å². The second-order valence-corrected chi connectivity index (χ2v) is 18.2. The van der Waals surface area contributed by atoms with Gasteiger partial charge >= 0.3 is 0 Å². The summed E-state index contributed by atoms with van der Waals surface area (Å²) in [4.78, 5) is 13.1. The van der Waals surface area contributed by atoms with Crippen molar-refractivity contribution in [3.05, 3.63) is 36.5 Å². The summed E-state index contributed by atoms with van der Waals surface area (Å²) >= 11 is 0. The fourth-order valence-corrected chi connectivity index (χ4v) is 8.10. The van der Waals surface area contributed by atoms with Crippen molar-refractivity contribution in [3.63, 3.8) is 0 Å². The number of unbranched alkanes of at least 4 members (excludes halogenated alkanes) is 25. The molecule has 0 spiro atoms. The van der Waals surface area contributed by atoms with Gasteiger partial charge in [0.2, 0.25) is 5.91 Å². The minimum atomic E-state index is -1.67. The number of ether oxygens (including phenoxy) is 2. The fraction of sp³-hybridized carbons (Fsp3) is 0.865. The highest BCUT2D eigenvalue weighted by molar-refractivity contribution is 5.80. The molecule has 9 atom stereocenters. The maximum Gasteiger partial charge on any atom is 0.249 e. The van der Waals surface area contributed by atoms with E-state index >= 15 is 0 Å². The summed E-state index contributed by atoms with van der Waals surface area (Å²) < 4.78 is 11.1. The third-order valence-corrected chi connectivity index (χ3v) is 12.4. The lowest BCUT2D eigenvalue weighted by atomic mass is 9.98. The quantitative estimate of drug-likeness (QED) is 0.0216. The summed E-state index contributed by atoms with van der Waals surface area (Å²) in [6, 6.07) is -1.19. The van der Waals surface area contributed by atoms with Gasteiger partial charge in [-0.1, -0.05) is 179 Å². The van der Waals surface area contributed by atoms with Crippen LogP contribution in [0.5, 0.6) is 0 Å². The van der Waals surface area contributed by atoms with Gasteiger partial charge in [0, 0.05) is 0 Å². The zero-order valence-electron chi connectivity index (χ0n) is 40.1. The number of nitrogens with one attached hydrogen (secondary N) is 1. The zero-order valence-corrected chi connectivity index (χ0v) is 40.1. The lowest BCUT2D eigenvalue weighted by Crippen LogP contribution is -2.60. The molecule has 1 rings (SSSR count). The van der Waals surface area contributed by atoms with E-state index in [1.165, 1.54) is 116 Å². The highest BCUT2D eigenvalue weighted by Crippen LogP contribution is 2.23. The molecule has 11 heteroatoms. The van der Waals surface area contributed by atoms with Crippen LogP contribution in [0.25, 0.3) is 0 Å². The molecule has 0 bridgehead atoms. The van der Waals surface area contributed by atoms with E-state index in [1.807, 2.05) is 0 Å². The largest absolute Gasteiger partial charge is 0.394 e. The molecule has 1 heterocycles. The molecule has 1 aliphatic rings. The van der Waals surface area contributed by atoms with Gasteiger partial charge in [-0.2, -0.15) is 0 Å². The average molecular weight is 896 g/mol. The van der Waals surface area contributed by atoms with Crippen LogP contribution in [0.1, 0.15) is 219 Å². The van der Waals surface area contributed by atoms with E-state index in [4.69, 9.17) is 9.47 Å². The van der Waals surface area contributed by atoms with Crippen LogP contribution in [-0.2, 0) is 14.3 Å². The van der Waals surface area contributed by atoms with Crippen molar-refractivity contribution in [2.45, 2.75) is 274 Å². The van der Waals surface area contributed by atoms with Crippen LogP contribution in [0.2, 0.25) is 0 Å². The summed E-state index contributed by atoms with van der Waals surface area (Å²) in [6.07, 6.45) is 37.7. The molecule has 370 valence electrons. The molecule has 0 aliphatic carbocycles. The average Bonchev–Trinajstić information content (AvgIpc) is 3.28. The molecule has 9 unspecified atom stereocenters. The Bertz CT molecular complexity index is 1120. The van der Waals surface area contributed by atoms with Crippen molar-refractivity contribution >= 4 is 5.91 Å². The Labute approximate surface area is 384 Å². The number of rotatable bonds is 43. The lowest BCUT2D eigenvalue weighted by molar-refractivity contribution is -0.303. The number of amides is 1. The van der Waals surface area contributed by atoms with Crippen LogP contribution < -0.4 is 5.32 Å². The van der Waals surface area contributed by atoms with Crippen LogP contribution >= 0.6 is 0 Å². The Hall–Kier alpha value is -1.67. The van der Waals surface area contributed by atoms with Gasteiger partial charge in [0.15, 0.2) is 6.29 Å². The minimum Gasteiger partial charge on any atom is -0.394 e. The second kappa shape index (κ2) is 41.7. The molecule has 8 N–H and O–H groups in total. The molecule has 0 aromatic heterocycles. The van der Waals surface area contributed by atoms with E-state index in [-0.39, 0.29) is 12.8 Å². The number of hydrogen-bond acceptors (Lipinski definition) is 10. The van der Waals surface area contributed by atoms with Crippen molar-refractivity contribution in [2.75, 3.05) is 13.2 Å². The van der Waals surface area contributed by atoms with Crippen molar-refractivity contribution in [1.29, 1.82) is 0 Å². The van der Waals surface area contributed by atoms with Gasteiger partial charge in [-0.25, -0.2) is 0 Å². The summed E-state index contributed by atoms with van der Waals surface area (Å²) in [5, 5.41) is 75.8. The van der Waals surface area contributed by atoms with E-state index in [9.17, 15) is 40.5 Å². The Morgan fingerprint density at radius 2 is 0.952 bits per heavy atom. The normalized spacial score (nSPS) is 21.4. The maximum atomic E-state index is 13.1. The maximum absolute atomic E-state index is 13.1. The smallest absolute Gasteiger partial charge is 0.249 e. The van der Waals surface area contributed by atoms with E-state index < -0.39 is 74.2 Å². The summed E-state index contributed by atoms with van der Waals surface area (Å²) in [5.41, 5.74) is 0. The van der Waals surface area contributed by atoms with Crippen LogP contribution in [0.15, 0.2) is 36.5 Å². The molecule has 1 saturated heterocycles. The predicted molar refractivity (Wildman–Crippen MR) is 256 cm³/mol. The molecular weight excluding hydrogens is 799 g/mol. The zero-order chi connectivity index (χ0) is 46.2. The Balaban J connectivity index is 2.39. The molecule has 1 aliphatic heterocycles. The molecule has 11 nitrogen and oxygen atoms in total. The van der Waals surface area contributed by atoms with Crippen molar-refractivity contribution in [3.8, 4) is 0 Å². The first-order valence-corrected chi connectivity index (χ1v) is 25.9. The molecule has 0 aromatic carbocycles. The highest BCUT2D eigenvalue weighted by atomic mass is 16.7. The van der Waals surface area contributed by atoms with E-state index in [0.717, 1.165) is 57.8 Å². The first kappa shape index (κ1) is 59.3. The summed E-state index contributed by atoms with van der Waals surface area (Å²) in [6.45, 7) is 3.41. The van der Waals surface area contributed by atoms with Gasteiger partial charge in [0.25, 0.3) is 0 Å². The molecule has 0 aromatic rings. The topological polar surface area (TPSA) is 189 Å². The van der Waals surface area contributed by atoms with Gasteiger partial charge in [-0.15, -0.1) is 0 Å². The predicted octanol–water partition coefficient (Wildman–Crippen LogP) is 9.56. The monoisotopic (exact) mass is 896 g/mol. The molecule has 63 heavy (non-hydrogen) atoms. The third kappa shape index (κ3) is 31.0. The number of carbonyl (C=O) groups excluding carboxylic acids is 1. The molecule has 0 radical (unpaired) electrons. The van der Waals surface area contributed by atoms with Crippen LogP contribution in [0.3, 0.4) is 0 Å². The highest BCUT2D eigenvalue weighted by Gasteiger charge is 2.44. The number of aliphatic hydroxyl groups is 7. The molecule has 0 saturated carbocycles. The van der Waals surface area contributed by atoms with E-state index in [0.29, 0.717) is 19.3 Å². The van der Waals surface area contributed by atoms with Gasteiger partial charge in [0.05, 0.1) is 25.4 Å². The number of allylic oxidation sites excluding steroid dienone is 6. The number of hydrogen-bond donors (Lipinski definition) is 8. The number of carbonyl (C=O) groups is 1. The first-order chi connectivity index (χ1) is 30.7. The van der Waals surface area contributed by atoms with E-state index in [2.05, 4.69) is 55.6 Å². The molecule has 1 fully saturated rings. The summed E-state index contributed by atoms with van der Waals surface area (Å²) in [7, 11) is 0. The second-order valence-electron chi connectivity index (χ2n) is 18.2. The van der Waals surface area contributed by atoms with Crippen LogP contribution in [0.4, 0.5) is 0 Å². The fourth-order valence-electron chi connectivity index (χ4n) is 8.10. The minimum absolute atomic E-state index is 0.244. The third-order valence-electron chi connectivity index (χ3n) is 12.4. The van der Waals surface area contributed by atoms with Gasteiger partial charge in [-0.05, 0) is 77.0 Å². The first-order valence-electron chi connectivity index (χ1n) is 25.9. The lowest BCUT2D eigenvalue weighted by Gasteiger charge is -2.40. The van der Waals surface area contributed by atoms with Crippen molar-refractivity contribution in [1.82, 2.24) is 5.32 Å². The Morgan fingerprint density at radius 1 is 0.540 bits per heavy atom. The van der Waals surface area contributed by atoms with E-state index in [1.54, 1.807) is 0 Å². The molecule has 1 amide bonds. The SMILES string of the molecule is CCCCCCC/C=C/CC/C=C/CCCC(O)C(O)C(COC1OC(CO)C(O)C(O)C1O)NC(=O)C(O)CCCCCCCC/C=C\CCCCCCCCCCCCCC.